The van der Waals surface area contributed by atoms with Gasteiger partial charge < -0.3 is 10.6 Å². The molecule has 3 heteroatoms. The maximum atomic E-state index is 11.6. The van der Waals surface area contributed by atoms with E-state index in [-0.39, 0.29) is 5.91 Å². The average Bonchev–Trinajstić information content (AvgIpc) is 2.52. The number of amides is 1. The van der Waals surface area contributed by atoms with E-state index in [1.165, 1.54) is 31.2 Å². The standard InChI is InChI=1S/C19H30N2O/c1-19(2,3)16-7-5-6-8-17(16)21-13-14-9-11-15(12-10-14)18(22)20-4/h9-12,16-17,21H,5-8,13H2,1-4H3,(H,20,22). The minimum Gasteiger partial charge on any atom is -0.355 e. The molecular formula is C19H30N2O. The molecule has 0 bridgehead atoms. The molecule has 1 aromatic carbocycles. The van der Waals surface area contributed by atoms with Crippen molar-refractivity contribution < 1.29 is 4.79 Å². The molecule has 1 aromatic rings. The monoisotopic (exact) mass is 302 g/mol. The number of carbonyl (C=O) groups excluding carboxylic acids is 1. The highest BCUT2D eigenvalue weighted by Crippen LogP contribution is 2.38. The minimum absolute atomic E-state index is 0.0282. The maximum absolute atomic E-state index is 11.6. The van der Waals surface area contributed by atoms with Gasteiger partial charge in [-0.2, -0.15) is 0 Å². The zero-order valence-corrected chi connectivity index (χ0v) is 14.4. The van der Waals surface area contributed by atoms with Crippen LogP contribution in [0.15, 0.2) is 24.3 Å². The molecule has 122 valence electrons. The molecular weight excluding hydrogens is 272 g/mol. The van der Waals surface area contributed by atoms with Crippen LogP contribution in [0.1, 0.15) is 62.4 Å². The minimum atomic E-state index is -0.0282. The number of nitrogens with one attached hydrogen (secondary N) is 2. The lowest BCUT2D eigenvalue weighted by atomic mass is 9.69. The summed E-state index contributed by atoms with van der Waals surface area (Å²) in [6.45, 7) is 7.95. The van der Waals surface area contributed by atoms with Crippen LogP contribution in [-0.4, -0.2) is 19.0 Å². The van der Waals surface area contributed by atoms with E-state index in [4.69, 9.17) is 0 Å². The first-order valence-electron chi connectivity index (χ1n) is 8.46. The Kier molecular flexibility index (Phi) is 5.63. The highest BCUT2D eigenvalue weighted by atomic mass is 16.1. The van der Waals surface area contributed by atoms with Crippen LogP contribution >= 0.6 is 0 Å². The Bertz CT molecular complexity index is 487. The van der Waals surface area contributed by atoms with Gasteiger partial charge in [-0.3, -0.25) is 4.79 Å². The van der Waals surface area contributed by atoms with Crippen molar-refractivity contribution in [3.8, 4) is 0 Å². The number of carbonyl (C=O) groups is 1. The van der Waals surface area contributed by atoms with E-state index in [9.17, 15) is 4.79 Å². The van der Waals surface area contributed by atoms with Crippen molar-refractivity contribution in [2.75, 3.05) is 7.05 Å². The van der Waals surface area contributed by atoms with Crippen LogP contribution in [0.4, 0.5) is 0 Å². The first-order chi connectivity index (χ1) is 10.4. The van der Waals surface area contributed by atoms with E-state index in [2.05, 4.69) is 31.4 Å². The largest absolute Gasteiger partial charge is 0.355 e. The molecule has 0 aliphatic heterocycles. The molecule has 22 heavy (non-hydrogen) atoms. The summed E-state index contributed by atoms with van der Waals surface area (Å²) in [6.07, 6.45) is 5.30. The SMILES string of the molecule is CNC(=O)c1ccc(CNC2CCCCC2C(C)(C)C)cc1. The van der Waals surface area contributed by atoms with E-state index in [1.807, 2.05) is 24.3 Å². The topological polar surface area (TPSA) is 41.1 Å². The van der Waals surface area contributed by atoms with Crippen molar-refractivity contribution >= 4 is 5.91 Å². The quantitative estimate of drug-likeness (QED) is 0.889. The third kappa shape index (κ3) is 4.33. The molecule has 1 amide bonds. The first kappa shape index (κ1) is 17.0. The van der Waals surface area contributed by atoms with Crippen LogP contribution in [0.3, 0.4) is 0 Å². The molecule has 1 fully saturated rings. The lowest BCUT2D eigenvalue weighted by Crippen LogP contribution is -2.43. The third-order valence-electron chi connectivity index (χ3n) is 4.89. The van der Waals surface area contributed by atoms with Gasteiger partial charge in [0, 0.05) is 25.2 Å². The summed E-state index contributed by atoms with van der Waals surface area (Å²) in [7, 11) is 1.66. The highest BCUT2D eigenvalue weighted by molar-refractivity contribution is 5.93. The maximum Gasteiger partial charge on any atom is 0.251 e. The van der Waals surface area contributed by atoms with E-state index in [0.717, 1.165) is 18.0 Å². The van der Waals surface area contributed by atoms with Crippen molar-refractivity contribution in [2.45, 2.75) is 59.0 Å². The highest BCUT2D eigenvalue weighted by Gasteiger charge is 2.33. The van der Waals surface area contributed by atoms with E-state index in [0.29, 0.717) is 11.5 Å². The zero-order valence-electron chi connectivity index (χ0n) is 14.4. The predicted molar refractivity (Wildman–Crippen MR) is 91.9 cm³/mol. The Hall–Kier alpha value is -1.35. The Morgan fingerprint density at radius 1 is 1.14 bits per heavy atom. The van der Waals surface area contributed by atoms with Gasteiger partial charge in [0.05, 0.1) is 0 Å². The lowest BCUT2D eigenvalue weighted by molar-refractivity contribution is 0.0963. The molecule has 2 rings (SSSR count). The number of benzene rings is 1. The molecule has 3 nitrogen and oxygen atoms in total. The fourth-order valence-electron chi connectivity index (χ4n) is 3.58. The van der Waals surface area contributed by atoms with Crippen LogP contribution in [0.5, 0.6) is 0 Å². The molecule has 2 N–H and O–H groups in total. The second-order valence-electron chi connectivity index (χ2n) is 7.52. The number of hydrogen-bond acceptors (Lipinski definition) is 2. The first-order valence-corrected chi connectivity index (χ1v) is 8.46. The van der Waals surface area contributed by atoms with Gasteiger partial charge in [-0.1, -0.05) is 45.7 Å². The Labute approximate surface area is 134 Å². The van der Waals surface area contributed by atoms with Crippen molar-refractivity contribution in [1.29, 1.82) is 0 Å². The summed E-state index contributed by atoms with van der Waals surface area (Å²) in [5, 5.41) is 6.41. The fraction of sp³-hybridized carbons (Fsp3) is 0.632. The second-order valence-corrected chi connectivity index (χ2v) is 7.52. The van der Waals surface area contributed by atoms with Gasteiger partial charge in [0.25, 0.3) is 5.91 Å². The van der Waals surface area contributed by atoms with Gasteiger partial charge in [0.2, 0.25) is 0 Å². The summed E-state index contributed by atoms with van der Waals surface area (Å²) >= 11 is 0. The van der Waals surface area contributed by atoms with E-state index < -0.39 is 0 Å². The summed E-state index contributed by atoms with van der Waals surface area (Å²) in [4.78, 5) is 11.6. The van der Waals surface area contributed by atoms with Crippen LogP contribution in [0.25, 0.3) is 0 Å². The van der Waals surface area contributed by atoms with E-state index >= 15 is 0 Å². The summed E-state index contributed by atoms with van der Waals surface area (Å²) < 4.78 is 0. The molecule has 0 spiro atoms. The molecule has 0 heterocycles. The molecule has 2 atom stereocenters. The Balaban J connectivity index is 1.95. The molecule has 1 aliphatic carbocycles. The smallest absolute Gasteiger partial charge is 0.251 e. The molecule has 0 aromatic heterocycles. The van der Waals surface area contributed by atoms with Gasteiger partial charge in [0.1, 0.15) is 0 Å². The van der Waals surface area contributed by atoms with Crippen LogP contribution in [0.2, 0.25) is 0 Å². The van der Waals surface area contributed by atoms with Gasteiger partial charge >= 0.3 is 0 Å². The Morgan fingerprint density at radius 3 is 2.36 bits per heavy atom. The van der Waals surface area contributed by atoms with E-state index in [1.54, 1.807) is 7.05 Å². The zero-order chi connectivity index (χ0) is 16.2. The van der Waals surface area contributed by atoms with Crippen molar-refractivity contribution in [3.63, 3.8) is 0 Å². The molecule has 0 radical (unpaired) electrons. The van der Waals surface area contributed by atoms with Gasteiger partial charge in [0.15, 0.2) is 0 Å². The van der Waals surface area contributed by atoms with Crippen molar-refractivity contribution in [1.82, 2.24) is 10.6 Å². The second kappa shape index (κ2) is 7.28. The lowest BCUT2D eigenvalue weighted by Gasteiger charge is -2.41. The number of hydrogen-bond donors (Lipinski definition) is 2. The summed E-state index contributed by atoms with van der Waals surface area (Å²) in [6, 6.07) is 8.50. The van der Waals surface area contributed by atoms with Crippen LogP contribution < -0.4 is 10.6 Å². The normalized spacial score (nSPS) is 22.4. The average molecular weight is 302 g/mol. The van der Waals surface area contributed by atoms with Crippen molar-refractivity contribution in [3.05, 3.63) is 35.4 Å². The molecule has 1 saturated carbocycles. The van der Waals surface area contributed by atoms with Gasteiger partial charge in [-0.05, 0) is 41.9 Å². The van der Waals surface area contributed by atoms with Gasteiger partial charge in [-0.25, -0.2) is 0 Å². The third-order valence-corrected chi connectivity index (χ3v) is 4.89. The molecule has 0 saturated heterocycles. The fourth-order valence-corrected chi connectivity index (χ4v) is 3.58. The Morgan fingerprint density at radius 2 is 1.77 bits per heavy atom. The summed E-state index contributed by atoms with van der Waals surface area (Å²) in [5.41, 5.74) is 2.32. The van der Waals surface area contributed by atoms with Crippen LogP contribution in [0, 0.1) is 11.3 Å². The predicted octanol–water partition coefficient (Wildman–Crippen LogP) is 3.74. The van der Waals surface area contributed by atoms with Crippen LogP contribution in [-0.2, 0) is 6.54 Å². The molecule has 1 aliphatic rings. The van der Waals surface area contributed by atoms with Crippen molar-refractivity contribution in [2.24, 2.45) is 11.3 Å². The number of rotatable bonds is 4. The summed E-state index contributed by atoms with van der Waals surface area (Å²) in [5.74, 6) is 0.714. The van der Waals surface area contributed by atoms with Gasteiger partial charge in [-0.15, -0.1) is 0 Å². The molecule has 2 unspecified atom stereocenters.